The number of amides is 1. The van der Waals surface area contributed by atoms with E-state index in [1.807, 2.05) is 55.7 Å². The number of hydrogen-bond donors (Lipinski definition) is 3. The third-order valence-corrected chi connectivity index (χ3v) is 5.82. The van der Waals surface area contributed by atoms with E-state index in [1.54, 1.807) is 12.1 Å². The Morgan fingerprint density at radius 3 is 2.35 bits per heavy atom. The molecule has 0 saturated heterocycles. The van der Waals surface area contributed by atoms with Crippen molar-refractivity contribution in [1.29, 1.82) is 0 Å². The number of anilines is 1. The number of carbonyl (C=O) groups is 1. The van der Waals surface area contributed by atoms with Gasteiger partial charge in [0.2, 0.25) is 5.91 Å². The van der Waals surface area contributed by atoms with Gasteiger partial charge < -0.3 is 20.1 Å². The summed E-state index contributed by atoms with van der Waals surface area (Å²) in [4.78, 5) is 17.5. The minimum absolute atomic E-state index is 0.0344. The molecular weight excluding hydrogens is 433 g/mol. The monoisotopic (exact) mass is 467 g/mol. The normalized spacial score (nSPS) is 13.1. The molecule has 3 rings (SSSR count). The lowest BCUT2D eigenvalue weighted by Gasteiger charge is -2.19. The number of nitrogens with zero attached hydrogens (tertiary/aromatic N) is 2. The molecule has 1 aromatic heterocycles. The van der Waals surface area contributed by atoms with E-state index in [4.69, 9.17) is 4.98 Å². The van der Waals surface area contributed by atoms with Gasteiger partial charge in [-0.3, -0.25) is 4.79 Å². The molecule has 3 aromatic rings. The first-order valence-corrected chi connectivity index (χ1v) is 11.8. The Morgan fingerprint density at radius 1 is 1.06 bits per heavy atom. The highest BCUT2D eigenvalue weighted by Gasteiger charge is 2.23. The molecule has 7 heteroatoms. The van der Waals surface area contributed by atoms with E-state index in [1.165, 1.54) is 12.1 Å². The van der Waals surface area contributed by atoms with Crippen LogP contribution in [-0.2, 0) is 17.8 Å². The van der Waals surface area contributed by atoms with E-state index in [9.17, 15) is 19.4 Å². The predicted octanol–water partition coefficient (Wildman–Crippen LogP) is 4.91. The summed E-state index contributed by atoms with van der Waals surface area (Å²) in [5, 5.41) is 23.3. The third-order valence-electron chi connectivity index (χ3n) is 5.82. The fourth-order valence-electron chi connectivity index (χ4n) is 4.02. The van der Waals surface area contributed by atoms with Crippen molar-refractivity contribution in [2.24, 2.45) is 0 Å². The first-order chi connectivity index (χ1) is 16.3. The second-order valence-corrected chi connectivity index (χ2v) is 8.93. The molecule has 0 fully saturated rings. The Bertz CT molecular complexity index is 1060. The highest BCUT2D eigenvalue weighted by atomic mass is 19.1. The maximum absolute atomic E-state index is 13.6. The number of halogens is 1. The number of aliphatic hydroxyl groups excluding tert-OH is 2. The zero-order valence-electron chi connectivity index (χ0n) is 20.0. The first-order valence-electron chi connectivity index (χ1n) is 11.8. The minimum Gasteiger partial charge on any atom is -0.393 e. The van der Waals surface area contributed by atoms with E-state index >= 15 is 0 Å². The number of rotatable bonds is 11. The Morgan fingerprint density at radius 2 is 1.74 bits per heavy atom. The summed E-state index contributed by atoms with van der Waals surface area (Å²) in [5.74, 6) is 0.591. The van der Waals surface area contributed by atoms with Crippen LogP contribution in [-0.4, -0.2) is 37.9 Å². The Hall–Kier alpha value is -3.03. The average Bonchev–Trinajstić information content (AvgIpc) is 3.16. The van der Waals surface area contributed by atoms with Crippen LogP contribution in [0.2, 0.25) is 0 Å². The Balaban J connectivity index is 1.92. The van der Waals surface area contributed by atoms with Crippen molar-refractivity contribution >= 4 is 11.7 Å². The van der Waals surface area contributed by atoms with Gasteiger partial charge >= 0.3 is 0 Å². The molecule has 0 bridgehead atoms. The van der Waals surface area contributed by atoms with Gasteiger partial charge in [0.1, 0.15) is 11.6 Å². The van der Waals surface area contributed by atoms with Gasteiger partial charge in [-0.2, -0.15) is 0 Å². The molecule has 2 unspecified atom stereocenters. The van der Waals surface area contributed by atoms with Crippen molar-refractivity contribution in [2.75, 3.05) is 5.32 Å². The van der Waals surface area contributed by atoms with Crippen molar-refractivity contribution in [3.05, 3.63) is 71.7 Å². The van der Waals surface area contributed by atoms with Crippen molar-refractivity contribution in [2.45, 2.75) is 71.1 Å². The van der Waals surface area contributed by atoms with Crippen LogP contribution >= 0.6 is 0 Å². The van der Waals surface area contributed by atoms with Crippen LogP contribution in [0.1, 0.15) is 57.2 Å². The largest absolute Gasteiger partial charge is 0.393 e. The van der Waals surface area contributed by atoms with Crippen LogP contribution in [0.4, 0.5) is 10.2 Å². The average molecular weight is 468 g/mol. The zero-order chi connectivity index (χ0) is 24.7. The summed E-state index contributed by atoms with van der Waals surface area (Å²) >= 11 is 0. The number of nitrogens with one attached hydrogen (secondary N) is 1. The zero-order valence-corrected chi connectivity index (χ0v) is 20.0. The number of benzene rings is 2. The first kappa shape index (κ1) is 25.6. The van der Waals surface area contributed by atoms with Crippen LogP contribution in [0.25, 0.3) is 11.4 Å². The molecule has 0 radical (unpaired) electrons. The van der Waals surface area contributed by atoms with E-state index in [2.05, 4.69) is 5.32 Å². The van der Waals surface area contributed by atoms with Crippen molar-refractivity contribution in [3.8, 4) is 11.4 Å². The van der Waals surface area contributed by atoms with Crippen LogP contribution in [0, 0.1) is 5.82 Å². The van der Waals surface area contributed by atoms with Gasteiger partial charge in [0.15, 0.2) is 5.82 Å². The van der Waals surface area contributed by atoms with Crippen LogP contribution in [0.5, 0.6) is 0 Å². The molecule has 34 heavy (non-hydrogen) atoms. The Labute approximate surface area is 200 Å². The lowest BCUT2D eigenvalue weighted by molar-refractivity contribution is -0.115. The number of carbonyl (C=O) groups excluding carboxylic acids is 1. The highest BCUT2D eigenvalue weighted by Crippen LogP contribution is 2.32. The second-order valence-electron chi connectivity index (χ2n) is 8.93. The van der Waals surface area contributed by atoms with Crippen LogP contribution in [0.15, 0.2) is 54.6 Å². The fraction of sp³-hybridized carbons (Fsp3) is 0.407. The molecule has 0 spiro atoms. The topological polar surface area (TPSA) is 87.4 Å². The quantitative estimate of drug-likeness (QED) is 0.374. The van der Waals surface area contributed by atoms with E-state index < -0.39 is 12.2 Å². The predicted molar refractivity (Wildman–Crippen MR) is 132 cm³/mol. The molecule has 2 aromatic carbocycles. The van der Waals surface area contributed by atoms with Gasteiger partial charge in [0.25, 0.3) is 0 Å². The molecule has 3 N–H and O–H groups in total. The molecule has 2 atom stereocenters. The lowest BCUT2D eigenvalue weighted by atomic mass is 10.1. The summed E-state index contributed by atoms with van der Waals surface area (Å²) < 4.78 is 15.5. The van der Waals surface area contributed by atoms with Gasteiger partial charge in [-0.05, 0) is 55.0 Å². The van der Waals surface area contributed by atoms with E-state index in [-0.39, 0.29) is 24.1 Å². The number of aromatic nitrogens is 2. The smallest absolute Gasteiger partial charge is 0.229 e. The molecule has 0 saturated carbocycles. The summed E-state index contributed by atoms with van der Waals surface area (Å²) in [6, 6.07) is 15.6. The molecular formula is C27H34FN3O3. The molecule has 6 nitrogen and oxygen atoms in total. The molecule has 1 heterocycles. The van der Waals surface area contributed by atoms with E-state index in [0.717, 1.165) is 16.8 Å². The molecule has 0 aliphatic rings. The summed E-state index contributed by atoms with van der Waals surface area (Å²) in [6.07, 6.45) is 0.303. The number of aliphatic hydroxyl groups is 2. The highest BCUT2D eigenvalue weighted by molar-refractivity contribution is 5.92. The standard InChI is InChI=1S/C27H34FN3O3/c1-4-22(32)17-23(33)14-15-31-25(18(2)3)26(29-24(34)16-19-8-6-5-7-9-19)30-27(31)20-10-12-21(28)13-11-20/h5-13,18,22-23,32-33H,4,14-17H2,1-3H3,(H,29,34). The molecule has 182 valence electrons. The molecule has 0 aliphatic carbocycles. The van der Waals surface area contributed by atoms with Crippen molar-refractivity contribution < 1.29 is 19.4 Å². The molecule has 1 amide bonds. The Kier molecular flexibility index (Phi) is 8.96. The van der Waals surface area contributed by atoms with Crippen LogP contribution < -0.4 is 5.32 Å². The van der Waals surface area contributed by atoms with Gasteiger partial charge in [-0.1, -0.05) is 51.1 Å². The fourth-order valence-corrected chi connectivity index (χ4v) is 4.02. The second kappa shape index (κ2) is 11.9. The number of hydrogen-bond acceptors (Lipinski definition) is 4. The van der Waals surface area contributed by atoms with Crippen molar-refractivity contribution in [1.82, 2.24) is 9.55 Å². The van der Waals surface area contributed by atoms with Gasteiger partial charge in [0, 0.05) is 12.1 Å². The minimum atomic E-state index is -0.672. The third kappa shape index (κ3) is 6.74. The summed E-state index contributed by atoms with van der Waals surface area (Å²) in [6.45, 7) is 6.36. The maximum Gasteiger partial charge on any atom is 0.229 e. The van der Waals surface area contributed by atoms with Gasteiger partial charge in [-0.15, -0.1) is 0 Å². The maximum atomic E-state index is 13.6. The van der Waals surface area contributed by atoms with Crippen LogP contribution in [0.3, 0.4) is 0 Å². The summed E-state index contributed by atoms with van der Waals surface area (Å²) in [5.41, 5.74) is 2.46. The SMILES string of the molecule is CCC(O)CC(O)CCn1c(-c2ccc(F)cc2)nc(NC(=O)Cc2ccccc2)c1C(C)C. The van der Waals surface area contributed by atoms with E-state index in [0.29, 0.717) is 37.4 Å². The summed E-state index contributed by atoms with van der Waals surface area (Å²) in [7, 11) is 0. The number of imidazole rings is 1. The lowest BCUT2D eigenvalue weighted by Crippen LogP contribution is -2.20. The van der Waals surface area contributed by atoms with Crippen molar-refractivity contribution in [3.63, 3.8) is 0 Å². The molecule has 0 aliphatic heterocycles. The van der Waals surface area contributed by atoms with Gasteiger partial charge in [0.05, 0.1) is 24.3 Å². The van der Waals surface area contributed by atoms with Gasteiger partial charge in [-0.25, -0.2) is 9.37 Å².